The largest absolute Gasteiger partial charge is 0.431 e. The Morgan fingerprint density at radius 1 is 1.24 bits per heavy atom. The Bertz CT molecular complexity index is 902. The number of fused-ring (bicyclic) bond motifs is 1. The lowest BCUT2D eigenvalue weighted by molar-refractivity contribution is -0.116. The lowest BCUT2D eigenvalue weighted by Crippen LogP contribution is -2.34. The van der Waals surface area contributed by atoms with Gasteiger partial charge in [-0.1, -0.05) is 36.0 Å². The smallest absolute Gasteiger partial charge is 0.257 e. The lowest BCUT2D eigenvalue weighted by Gasteiger charge is -2.21. The number of carbonyl (C=O) groups excluding carboxylic acids is 1. The Labute approximate surface area is 148 Å². The molecule has 7 heteroatoms. The van der Waals surface area contributed by atoms with Crippen LogP contribution in [-0.2, 0) is 4.79 Å². The molecule has 1 heterocycles. The molecule has 0 spiro atoms. The van der Waals surface area contributed by atoms with Crippen molar-refractivity contribution in [3.05, 3.63) is 54.3 Å². The van der Waals surface area contributed by atoms with E-state index < -0.39 is 5.82 Å². The van der Waals surface area contributed by atoms with Gasteiger partial charge in [0.25, 0.3) is 5.22 Å². The van der Waals surface area contributed by atoms with Crippen molar-refractivity contribution in [1.29, 1.82) is 5.26 Å². The van der Waals surface area contributed by atoms with Gasteiger partial charge in [0.15, 0.2) is 5.58 Å². The molecule has 0 saturated carbocycles. The fourth-order valence-corrected chi connectivity index (χ4v) is 3.04. The molecule has 5 nitrogen and oxygen atoms in total. The molecule has 2 aromatic carbocycles. The summed E-state index contributed by atoms with van der Waals surface area (Å²) < 4.78 is 19.6. The molecule has 0 aliphatic rings. The van der Waals surface area contributed by atoms with E-state index in [1.165, 1.54) is 17.0 Å². The number of oxazole rings is 1. The highest BCUT2D eigenvalue weighted by molar-refractivity contribution is 7.99. The molecule has 0 bridgehead atoms. The summed E-state index contributed by atoms with van der Waals surface area (Å²) in [6.07, 6.45) is 0.119. The van der Waals surface area contributed by atoms with E-state index in [2.05, 4.69) is 4.98 Å². The first-order valence-electron chi connectivity index (χ1n) is 7.59. The number of carbonyl (C=O) groups is 1. The van der Waals surface area contributed by atoms with Crippen LogP contribution in [0.25, 0.3) is 11.1 Å². The van der Waals surface area contributed by atoms with Crippen LogP contribution in [0.5, 0.6) is 0 Å². The van der Waals surface area contributed by atoms with Crippen molar-refractivity contribution < 1.29 is 13.6 Å². The maximum atomic E-state index is 14.0. The first-order valence-corrected chi connectivity index (χ1v) is 8.58. The van der Waals surface area contributed by atoms with Crippen LogP contribution < -0.4 is 4.90 Å². The molecule has 0 aliphatic heterocycles. The Hall–Kier alpha value is -2.85. The van der Waals surface area contributed by atoms with Crippen molar-refractivity contribution in [2.45, 2.75) is 11.6 Å². The molecule has 126 valence electrons. The van der Waals surface area contributed by atoms with Crippen LogP contribution >= 0.6 is 11.8 Å². The van der Waals surface area contributed by atoms with Crippen molar-refractivity contribution in [2.75, 3.05) is 17.2 Å². The Balaban J connectivity index is 1.74. The van der Waals surface area contributed by atoms with Crippen LogP contribution in [0.1, 0.15) is 6.42 Å². The number of hydrogen-bond donors (Lipinski definition) is 0. The molecule has 0 atom stereocenters. The molecule has 0 radical (unpaired) electrons. The van der Waals surface area contributed by atoms with Gasteiger partial charge >= 0.3 is 0 Å². The molecule has 0 unspecified atom stereocenters. The monoisotopic (exact) mass is 355 g/mol. The third-order valence-electron chi connectivity index (χ3n) is 3.48. The van der Waals surface area contributed by atoms with Gasteiger partial charge in [0.05, 0.1) is 23.9 Å². The maximum Gasteiger partial charge on any atom is 0.257 e. The van der Waals surface area contributed by atoms with E-state index in [1.807, 2.05) is 24.3 Å². The van der Waals surface area contributed by atoms with Crippen LogP contribution in [-0.4, -0.2) is 23.2 Å². The van der Waals surface area contributed by atoms with E-state index in [9.17, 15) is 9.18 Å². The van der Waals surface area contributed by atoms with E-state index in [-0.39, 0.29) is 30.3 Å². The molecule has 0 saturated heterocycles. The second-order valence-corrected chi connectivity index (χ2v) is 6.07. The van der Waals surface area contributed by atoms with Crippen molar-refractivity contribution in [3.63, 3.8) is 0 Å². The molecule has 1 aromatic heterocycles. The summed E-state index contributed by atoms with van der Waals surface area (Å²) >= 11 is 1.14. The molecule has 25 heavy (non-hydrogen) atoms. The van der Waals surface area contributed by atoms with Gasteiger partial charge in [0.2, 0.25) is 5.91 Å². The van der Waals surface area contributed by atoms with E-state index in [0.29, 0.717) is 16.3 Å². The van der Waals surface area contributed by atoms with Gasteiger partial charge in [-0.2, -0.15) is 5.26 Å². The van der Waals surface area contributed by atoms with Crippen molar-refractivity contribution >= 4 is 34.5 Å². The third-order valence-corrected chi connectivity index (χ3v) is 4.30. The average molecular weight is 355 g/mol. The second kappa shape index (κ2) is 7.81. The van der Waals surface area contributed by atoms with Gasteiger partial charge in [-0.3, -0.25) is 4.79 Å². The number of halogens is 1. The number of benzene rings is 2. The molecular weight excluding hydrogens is 341 g/mol. The van der Waals surface area contributed by atoms with Gasteiger partial charge < -0.3 is 9.32 Å². The zero-order valence-corrected chi connectivity index (χ0v) is 14.0. The Morgan fingerprint density at radius 3 is 2.76 bits per heavy atom. The van der Waals surface area contributed by atoms with Crippen LogP contribution in [0, 0.1) is 17.1 Å². The van der Waals surface area contributed by atoms with Gasteiger partial charge in [-0.15, -0.1) is 0 Å². The average Bonchev–Trinajstić information content (AvgIpc) is 3.04. The quantitative estimate of drug-likeness (QED) is 0.625. The minimum atomic E-state index is -0.499. The number of hydrogen-bond acceptors (Lipinski definition) is 5. The zero-order chi connectivity index (χ0) is 17.6. The molecule has 1 amide bonds. The minimum absolute atomic E-state index is 0.0343. The minimum Gasteiger partial charge on any atom is -0.431 e. The first-order chi connectivity index (χ1) is 12.2. The zero-order valence-electron chi connectivity index (χ0n) is 13.2. The summed E-state index contributed by atoms with van der Waals surface area (Å²) in [4.78, 5) is 18.1. The highest BCUT2D eigenvalue weighted by Gasteiger charge is 2.19. The number of para-hydroxylation sites is 3. The van der Waals surface area contributed by atoms with Crippen LogP contribution in [0.2, 0.25) is 0 Å². The van der Waals surface area contributed by atoms with Gasteiger partial charge in [-0.25, -0.2) is 9.37 Å². The van der Waals surface area contributed by atoms with Gasteiger partial charge in [0.1, 0.15) is 11.3 Å². The van der Waals surface area contributed by atoms with Crippen molar-refractivity contribution in [1.82, 2.24) is 4.98 Å². The number of nitriles is 1. The summed E-state index contributed by atoms with van der Waals surface area (Å²) in [5, 5.41) is 9.17. The third kappa shape index (κ3) is 3.98. The molecule has 0 aliphatic carbocycles. The lowest BCUT2D eigenvalue weighted by atomic mass is 10.2. The number of amides is 1. The molecular formula is C18H14FN3O2S. The van der Waals surface area contributed by atoms with Gasteiger partial charge in [0, 0.05) is 6.54 Å². The summed E-state index contributed by atoms with van der Waals surface area (Å²) in [6, 6.07) is 15.3. The molecule has 3 rings (SSSR count). The summed E-state index contributed by atoms with van der Waals surface area (Å²) in [7, 11) is 0. The van der Waals surface area contributed by atoms with Crippen LogP contribution in [0.4, 0.5) is 10.1 Å². The maximum absolute atomic E-state index is 14.0. The number of anilines is 1. The topological polar surface area (TPSA) is 70.1 Å². The fourth-order valence-electron chi connectivity index (χ4n) is 2.33. The normalized spacial score (nSPS) is 10.6. The summed E-state index contributed by atoms with van der Waals surface area (Å²) in [6.45, 7) is 0.129. The second-order valence-electron chi connectivity index (χ2n) is 5.14. The number of thioether (sulfide) groups is 1. The van der Waals surface area contributed by atoms with Gasteiger partial charge in [-0.05, 0) is 24.3 Å². The first kappa shape index (κ1) is 17.0. The van der Waals surface area contributed by atoms with Crippen molar-refractivity contribution in [3.8, 4) is 6.07 Å². The Morgan fingerprint density at radius 2 is 2.00 bits per heavy atom. The highest BCUT2D eigenvalue weighted by Crippen LogP contribution is 2.25. The van der Waals surface area contributed by atoms with E-state index >= 15 is 0 Å². The van der Waals surface area contributed by atoms with E-state index in [0.717, 1.165) is 11.8 Å². The summed E-state index contributed by atoms with van der Waals surface area (Å²) in [5.41, 5.74) is 1.53. The Kier molecular flexibility index (Phi) is 5.31. The summed E-state index contributed by atoms with van der Waals surface area (Å²) in [5.74, 6) is -0.777. The fraction of sp³-hybridized carbons (Fsp3) is 0.167. The number of rotatable bonds is 6. The van der Waals surface area contributed by atoms with Crippen molar-refractivity contribution in [2.24, 2.45) is 0 Å². The predicted octanol–water partition coefficient (Wildman–Crippen LogP) is 4.01. The number of aromatic nitrogens is 1. The number of nitrogens with zero attached hydrogens (tertiary/aromatic N) is 3. The molecule has 0 N–H and O–H groups in total. The van der Waals surface area contributed by atoms with E-state index in [1.54, 1.807) is 18.2 Å². The SMILES string of the molecule is N#CCCN(C(=O)CSc1nc2ccccc2o1)c1ccccc1F. The molecule has 0 fully saturated rings. The van der Waals surface area contributed by atoms with Crippen LogP contribution in [0.15, 0.2) is 58.2 Å². The highest BCUT2D eigenvalue weighted by atomic mass is 32.2. The van der Waals surface area contributed by atoms with E-state index in [4.69, 9.17) is 9.68 Å². The predicted molar refractivity (Wildman–Crippen MR) is 93.7 cm³/mol. The molecule has 3 aromatic rings. The standard InChI is InChI=1S/C18H14FN3O2S/c19-13-6-1-3-8-15(13)22(11-5-10-20)17(23)12-25-18-21-14-7-2-4-9-16(14)24-18/h1-4,6-9H,5,11-12H2. The van der Waals surface area contributed by atoms with Crippen LogP contribution in [0.3, 0.4) is 0 Å².